The summed E-state index contributed by atoms with van der Waals surface area (Å²) < 4.78 is 43.5. The van der Waals surface area contributed by atoms with Gasteiger partial charge in [-0.1, -0.05) is 54.6 Å². The standard InChI is InChI=1S/C22H17F3N2O/c1-15-7-5-6-10-19(15)27-20-12-11-18(13-16(20)14-26-27)21(28,22(23,24)25)17-8-3-2-4-9-17/h2-14,28H,1H3. The van der Waals surface area contributed by atoms with Gasteiger partial charge in [0.1, 0.15) is 0 Å². The van der Waals surface area contributed by atoms with E-state index in [9.17, 15) is 18.3 Å². The molecule has 0 aliphatic heterocycles. The second kappa shape index (κ2) is 6.49. The van der Waals surface area contributed by atoms with E-state index < -0.39 is 11.8 Å². The Kier molecular flexibility index (Phi) is 4.23. The first-order valence-corrected chi connectivity index (χ1v) is 8.71. The fraction of sp³-hybridized carbons (Fsp3) is 0.136. The fourth-order valence-electron chi connectivity index (χ4n) is 3.42. The van der Waals surface area contributed by atoms with Crippen molar-refractivity contribution < 1.29 is 18.3 Å². The van der Waals surface area contributed by atoms with E-state index in [0.29, 0.717) is 10.9 Å². The Morgan fingerprint density at radius 2 is 1.54 bits per heavy atom. The lowest BCUT2D eigenvalue weighted by Gasteiger charge is -2.31. The minimum absolute atomic E-state index is 0.229. The maximum absolute atomic E-state index is 13.9. The van der Waals surface area contributed by atoms with Crippen molar-refractivity contribution in [3.63, 3.8) is 0 Å². The van der Waals surface area contributed by atoms with Crippen molar-refractivity contribution in [2.75, 3.05) is 0 Å². The van der Waals surface area contributed by atoms with E-state index >= 15 is 0 Å². The summed E-state index contributed by atoms with van der Waals surface area (Å²) in [6.45, 7) is 1.94. The highest BCUT2D eigenvalue weighted by molar-refractivity contribution is 5.81. The quantitative estimate of drug-likeness (QED) is 0.533. The number of benzene rings is 3. The molecule has 1 unspecified atom stereocenters. The Hall–Kier alpha value is -3.12. The van der Waals surface area contributed by atoms with Gasteiger partial charge in [-0.05, 0) is 41.8 Å². The van der Waals surface area contributed by atoms with Gasteiger partial charge in [-0.2, -0.15) is 18.3 Å². The van der Waals surface area contributed by atoms with Crippen LogP contribution in [0.25, 0.3) is 16.6 Å². The molecule has 1 aromatic heterocycles. The highest BCUT2D eigenvalue weighted by Crippen LogP contribution is 2.44. The summed E-state index contributed by atoms with van der Waals surface area (Å²) >= 11 is 0. The molecular formula is C22H17F3N2O. The summed E-state index contributed by atoms with van der Waals surface area (Å²) in [6, 6.07) is 18.9. The number of rotatable bonds is 3. The van der Waals surface area contributed by atoms with Crippen LogP contribution in [0.3, 0.4) is 0 Å². The van der Waals surface area contributed by atoms with E-state index in [1.807, 2.05) is 31.2 Å². The number of nitrogens with zero attached hydrogens (tertiary/aromatic N) is 2. The molecule has 0 fully saturated rings. The average molecular weight is 382 g/mol. The van der Waals surface area contributed by atoms with E-state index in [-0.39, 0.29) is 11.1 Å². The molecule has 3 aromatic carbocycles. The van der Waals surface area contributed by atoms with Gasteiger partial charge in [0.05, 0.1) is 17.4 Å². The van der Waals surface area contributed by atoms with E-state index in [0.717, 1.165) is 11.3 Å². The topological polar surface area (TPSA) is 38.0 Å². The average Bonchev–Trinajstić information content (AvgIpc) is 3.10. The molecule has 28 heavy (non-hydrogen) atoms. The number of alkyl halides is 3. The van der Waals surface area contributed by atoms with Crippen LogP contribution in [0.15, 0.2) is 79.0 Å². The molecule has 0 aliphatic carbocycles. The zero-order chi connectivity index (χ0) is 19.9. The van der Waals surface area contributed by atoms with Crippen LogP contribution < -0.4 is 0 Å². The molecule has 0 aliphatic rings. The number of hydrogen-bond acceptors (Lipinski definition) is 2. The number of fused-ring (bicyclic) bond motifs is 1. The van der Waals surface area contributed by atoms with Crippen LogP contribution in [-0.4, -0.2) is 21.1 Å². The van der Waals surface area contributed by atoms with Gasteiger partial charge >= 0.3 is 6.18 Å². The molecule has 142 valence electrons. The molecular weight excluding hydrogens is 365 g/mol. The van der Waals surface area contributed by atoms with Crippen molar-refractivity contribution in [1.29, 1.82) is 0 Å². The molecule has 4 rings (SSSR count). The van der Waals surface area contributed by atoms with Crippen molar-refractivity contribution in [3.8, 4) is 5.69 Å². The van der Waals surface area contributed by atoms with Crippen molar-refractivity contribution in [2.24, 2.45) is 0 Å². The van der Waals surface area contributed by atoms with Gasteiger partial charge in [-0.25, -0.2) is 4.68 Å². The smallest absolute Gasteiger partial charge is 0.372 e. The van der Waals surface area contributed by atoms with Crippen molar-refractivity contribution in [1.82, 2.24) is 9.78 Å². The molecule has 0 spiro atoms. The third-order valence-electron chi connectivity index (χ3n) is 4.93. The van der Waals surface area contributed by atoms with Gasteiger partial charge in [0.2, 0.25) is 5.60 Å². The zero-order valence-corrected chi connectivity index (χ0v) is 15.0. The Morgan fingerprint density at radius 1 is 0.857 bits per heavy atom. The van der Waals surface area contributed by atoms with Crippen LogP contribution in [0, 0.1) is 6.92 Å². The highest BCUT2D eigenvalue weighted by atomic mass is 19.4. The summed E-state index contributed by atoms with van der Waals surface area (Å²) in [7, 11) is 0. The number of aliphatic hydroxyl groups is 1. The first kappa shape index (κ1) is 18.3. The lowest BCUT2D eigenvalue weighted by Crippen LogP contribution is -2.43. The summed E-state index contributed by atoms with van der Waals surface area (Å²) in [5, 5.41) is 15.6. The predicted octanol–water partition coefficient (Wildman–Crippen LogP) is 5.13. The van der Waals surface area contributed by atoms with Crippen LogP contribution in [0.5, 0.6) is 0 Å². The Bertz CT molecular complexity index is 1140. The molecule has 3 nitrogen and oxygen atoms in total. The molecule has 0 amide bonds. The van der Waals surface area contributed by atoms with Crippen molar-refractivity contribution >= 4 is 10.9 Å². The molecule has 0 bridgehead atoms. The fourth-order valence-corrected chi connectivity index (χ4v) is 3.42. The van der Waals surface area contributed by atoms with E-state index in [1.165, 1.54) is 42.6 Å². The first-order chi connectivity index (χ1) is 13.3. The van der Waals surface area contributed by atoms with E-state index in [1.54, 1.807) is 16.8 Å². The third kappa shape index (κ3) is 2.77. The minimum atomic E-state index is -4.88. The molecule has 1 atom stereocenters. The summed E-state index contributed by atoms with van der Waals surface area (Å²) in [5.41, 5.74) is -1.08. The largest absolute Gasteiger partial charge is 0.425 e. The van der Waals surface area contributed by atoms with Crippen LogP contribution in [-0.2, 0) is 5.60 Å². The lowest BCUT2D eigenvalue weighted by atomic mass is 9.85. The second-order valence-electron chi connectivity index (χ2n) is 6.69. The SMILES string of the molecule is Cc1ccccc1-n1ncc2cc(C(O)(c3ccccc3)C(F)(F)F)ccc21. The molecule has 1 heterocycles. The molecule has 0 radical (unpaired) electrons. The summed E-state index contributed by atoms with van der Waals surface area (Å²) in [6.07, 6.45) is -3.37. The molecule has 0 saturated heterocycles. The highest BCUT2D eigenvalue weighted by Gasteiger charge is 2.56. The van der Waals surface area contributed by atoms with Crippen LogP contribution in [0.1, 0.15) is 16.7 Å². The van der Waals surface area contributed by atoms with Crippen LogP contribution in [0.2, 0.25) is 0 Å². The number of aryl methyl sites for hydroxylation is 1. The monoisotopic (exact) mass is 382 g/mol. The Balaban J connectivity index is 1.89. The number of halogens is 3. The van der Waals surface area contributed by atoms with Gasteiger partial charge in [0, 0.05) is 5.39 Å². The van der Waals surface area contributed by atoms with Crippen molar-refractivity contribution in [3.05, 3.63) is 95.7 Å². The minimum Gasteiger partial charge on any atom is -0.372 e. The van der Waals surface area contributed by atoms with Gasteiger partial charge in [0.25, 0.3) is 0 Å². The van der Waals surface area contributed by atoms with Crippen molar-refractivity contribution in [2.45, 2.75) is 18.7 Å². The van der Waals surface area contributed by atoms with Crippen LogP contribution in [0.4, 0.5) is 13.2 Å². The number of hydrogen-bond donors (Lipinski definition) is 1. The van der Waals surface area contributed by atoms with Gasteiger partial charge < -0.3 is 5.11 Å². The maximum Gasteiger partial charge on any atom is 0.425 e. The summed E-state index contributed by atoms with van der Waals surface area (Å²) in [4.78, 5) is 0. The number of para-hydroxylation sites is 1. The predicted molar refractivity (Wildman–Crippen MR) is 101 cm³/mol. The van der Waals surface area contributed by atoms with E-state index in [2.05, 4.69) is 5.10 Å². The Morgan fingerprint density at radius 3 is 2.21 bits per heavy atom. The molecule has 1 N–H and O–H groups in total. The molecule has 6 heteroatoms. The third-order valence-corrected chi connectivity index (χ3v) is 4.93. The number of aromatic nitrogens is 2. The van der Waals surface area contributed by atoms with Gasteiger partial charge in [-0.15, -0.1) is 0 Å². The van der Waals surface area contributed by atoms with E-state index in [4.69, 9.17) is 0 Å². The first-order valence-electron chi connectivity index (χ1n) is 8.71. The van der Waals surface area contributed by atoms with Gasteiger partial charge in [0.15, 0.2) is 0 Å². The Labute approximate surface area is 159 Å². The van der Waals surface area contributed by atoms with Gasteiger partial charge in [-0.3, -0.25) is 0 Å². The lowest BCUT2D eigenvalue weighted by molar-refractivity contribution is -0.248. The zero-order valence-electron chi connectivity index (χ0n) is 15.0. The van der Waals surface area contributed by atoms with Crippen LogP contribution >= 0.6 is 0 Å². The summed E-state index contributed by atoms with van der Waals surface area (Å²) in [5.74, 6) is 0. The molecule has 4 aromatic rings. The maximum atomic E-state index is 13.9. The molecule has 0 saturated carbocycles. The normalized spacial score (nSPS) is 14.2. The second-order valence-corrected chi connectivity index (χ2v) is 6.69.